The van der Waals surface area contributed by atoms with Crippen LogP contribution in [-0.2, 0) is 0 Å². The van der Waals surface area contributed by atoms with Crippen LogP contribution in [0.1, 0.15) is 10.6 Å². The zero-order valence-electron chi connectivity index (χ0n) is 7.36. The van der Waals surface area contributed by atoms with Crippen LogP contribution in [-0.4, -0.2) is 11.1 Å². The molecule has 0 fully saturated rings. The summed E-state index contributed by atoms with van der Waals surface area (Å²) >= 11 is 3.24. The van der Waals surface area contributed by atoms with Gasteiger partial charge >= 0.3 is 11.6 Å². The Morgan fingerprint density at radius 1 is 1.33 bits per heavy atom. The fourth-order valence-electron chi connectivity index (χ4n) is 1.28. The van der Waals surface area contributed by atoms with Crippen molar-refractivity contribution in [1.29, 1.82) is 0 Å². The molecule has 0 aliphatic rings. The Bertz CT molecular complexity index is 600. The van der Waals surface area contributed by atoms with E-state index in [-0.39, 0.29) is 5.76 Å². The van der Waals surface area contributed by atoms with Gasteiger partial charge in [0.25, 0.3) is 0 Å². The van der Waals surface area contributed by atoms with Crippen molar-refractivity contribution >= 4 is 32.7 Å². The van der Waals surface area contributed by atoms with Gasteiger partial charge in [-0.25, -0.2) is 9.59 Å². The predicted molar refractivity (Wildman–Crippen MR) is 57.1 cm³/mol. The molecule has 4 nitrogen and oxygen atoms in total. The van der Waals surface area contributed by atoms with Crippen LogP contribution < -0.4 is 5.63 Å². The molecule has 0 radical (unpaired) electrons. The largest absolute Gasteiger partial charge is 0.475 e. The van der Waals surface area contributed by atoms with E-state index in [0.717, 1.165) is 0 Å². The summed E-state index contributed by atoms with van der Waals surface area (Å²) < 4.78 is 5.29. The fourth-order valence-corrected chi connectivity index (χ4v) is 1.76. The Kier molecular flexibility index (Phi) is 2.32. The van der Waals surface area contributed by atoms with Gasteiger partial charge in [-0.2, -0.15) is 0 Å². The number of fused-ring (bicyclic) bond motifs is 1. The third-order valence-corrected chi connectivity index (χ3v) is 2.65. The third kappa shape index (κ3) is 1.66. The molecule has 0 aliphatic heterocycles. The summed E-state index contributed by atoms with van der Waals surface area (Å²) in [6.07, 6.45) is 0. The fraction of sp³-hybridized carbons (Fsp3) is 0. The lowest BCUT2D eigenvalue weighted by Crippen LogP contribution is -2.06. The monoisotopic (exact) mass is 268 g/mol. The van der Waals surface area contributed by atoms with Gasteiger partial charge in [0.1, 0.15) is 0 Å². The van der Waals surface area contributed by atoms with Gasteiger partial charge in [0, 0.05) is 9.86 Å². The summed E-state index contributed by atoms with van der Waals surface area (Å²) in [5.74, 6) is -1.62. The second-order valence-corrected chi connectivity index (χ2v) is 3.76. The van der Waals surface area contributed by atoms with Crippen LogP contribution in [0, 0.1) is 0 Å². The lowest BCUT2D eigenvalue weighted by Gasteiger charge is -1.99. The minimum atomic E-state index is -1.26. The van der Waals surface area contributed by atoms with E-state index in [2.05, 4.69) is 20.3 Å². The standard InChI is InChI=1S/C10H5BrO4/c11-7-3-1-2-5-6(7)4-8(9(12)13)15-10(5)14/h1-4H,(H,12,13). The average molecular weight is 269 g/mol. The number of aromatic carboxylic acids is 1. The molecule has 0 amide bonds. The van der Waals surface area contributed by atoms with Crippen LogP contribution in [0.3, 0.4) is 0 Å². The minimum Gasteiger partial charge on any atom is -0.475 e. The highest BCUT2D eigenvalue weighted by Gasteiger charge is 2.11. The molecule has 1 N–H and O–H groups in total. The highest BCUT2D eigenvalue weighted by molar-refractivity contribution is 9.10. The summed E-state index contributed by atoms with van der Waals surface area (Å²) in [5.41, 5.74) is -0.647. The van der Waals surface area contributed by atoms with E-state index >= 15 is 0 Å². The molecule has 76 valence electrons. The normalized spacial score (nSPS) is 10.5. The molecule has 0 spiro atoms. The molecule has 2 aromatic rings. The molecule has 1 aromatic carbocycles. The van der Waals surface area contributed by atoms with Gasteiger partial charge < -0.3 is 9.52 Å². The first kappa shape index (κ1) is 9.92. The van der Waals surface area contributed by atoms with Crippen molar-refractivity contribution in [2.45, 2.75) is 0 Å². The van der Waals surface area contributed by atoms with Crippen LogP contribution >= 0.6 is 15.9 Å². The quantitative estimate of drug-likeness (QED) is 0.862. The maximum atomic E-state index is 11.4. The number of halogens is 1. The van der Waals surface area contributed by atoms with Gasteiger partial charge in [-0.05, 0) is 18.2 Å². The molecular weight excluding hydrogens is 264 g/mol. The molecule has 0 atom stereocenters. The number of hydrogen-bond acceptors (Lipinski definition) is 3. The molecule has 1 heterocycles. The lowest BCUT2D eigenvalue weighted by molar-refractivity contribution is 0.0658. The Labute approximate surface area is 92.3 Å². The van der Waals surface area contributed by atoms with Crippen LogP contribution in [0.2, 0.25) is 0 Å². The van der Waals surface area contributed by atoms with E-state index in [4.69, 9.17) is 5.11 Å². The van der Waals surface area contributed by atoms with Crippen LogP contribution in [0.4, 0.5) is 0 Å². The van der Waals surface area contributed by atoms with E-state index in [9.17, 15) is 9.59 Å². The molecule has 2 rings (SSSR count). The first-order chi connectivity index (χ1) is 7.09. The topological polar surface area (TPSA) is 67.5 Å². The van der Waals surface area contributed by atoms with Crippen LogP contribution in [0.5, 0.6) is 0 Å². The van der Waals surface area contributed by atoms with E-state index in [1.54, 1.807) is 18.2 Å². The lowest BCUT2D eigenvalue weighted by atomic mass is 10.2. The number of rotatable bonds is 1. The Morgan fingerprint density at radius 3 is 2.73 bits per heavy atom. The number of benzene rings is 1. The number of carbonyl (C=O) groups is 1. The minimum absolute atomic E-state index is 0.356. The van der Waals surface area contributed by atoms with Gasteiger partial charge in [-0.1, -0.05) is 22.0 Å². The first-order valence-corrected chi connectivity index (χ1v) is 4.84. The zero-order chi connectivity index (χ0) is 11.0. The van der Waals surface area contributed by atoms with E-state index in [1.165, 1.54) is 6.07 Å². The van der Waals surface area contributed by atoms with Crippen molar-refractivity contribution in [2.24, 2.45) is 0 Å². The maximum absolute atomic E-state index is 11.4. The van der Waals surface area contributed by atoms with E-state index in [0.29, 0.717) is 15.2 Å². The predicted octanol–water partition coefficient (Wildman–Crippen LogP) is 2.25. The second-order valence-electron chi connectivity index (χ2n) is 2.90. The summed E-state index contributed by atoms with van der Waals surface area (Å²) in [6.45, 7) is 0. The van der Waals surface area contributed by atoms with Crippen molar-refractivity contribution in [1.82, 2.24) is 0 Å². The Hall–Kier alpha value is -1.62. The maximum Gasteiger partial charge on any atom is 0.371 e. The molecule has 5 heteroatoms. The molecule has 0 saturated carbocycles. The molecule has 0 bridgehead atoms. The molecule has 0 unspecified atom stereocenters. The first-order valence-electron chi connectivity index (χ1n) is 4.05. The summed E-state index contributed by atoms with van der Waals surface area (Å²) in [4.78, 5) is 22.1. The summed E-state index contributed by atoms with van der Waals surface area (Å²) in [5, 5.41) is 9.60. The van der Waals surface area contributed by atoms with E-state index in [1.807, 2.05) is 0 Å². The number of carboxylic acids is 1. The third-order valence-electron chi connectivity index (χ3n) is 1.96. The molecule has 0 aliphatic carbocycles. The zero-order valence-corrected chi connectivity index (χ0v) is 8.95. The Morgan fingerprint density at radius 2 is 2.07 bits per heavy atom. The highest BCUT2D eigenvalue weighted by atomic mass is 79.9. The molecule has 15 heavy (non-hydrogen) atoms. The van der Waals surface area contributed by atoms with Gasteiger partial charge in [-0.3, -0.25) is 0 Å². The van der Waals surface area contributed by atoms with Crippen molar-refractivity contribution < 1.29 is 14.3 Å². The van der Waals surface area contributed by atoms with Crippen molar-refractivity contribution in [3.05, 3.63) is 44.9 Å². The molecule has 1 aromatic heterocycles. The SMILES string of the molecule is O=C(O)c1cc2c(Br)cccc2c(=O)o1. The van der Waals surface area contributed by atoms with Gasteiger partial charge in [0.05, 0.1) is 5.39 Å². The van der Waals surface area contributed by atoms with Crippen molar-refractivity contribution in [2.75, 3.05) is 0 Å². The van der Waals surface area contributed by atoms with E-state index < -0.39 is 11.6 Å². The van der Waals surface area contributed by atoms with Crippen molar-refractivity contribution in [3.63, 3.8) is 0 Å². The highest BCUT2D eigenvalue weighted by Crippen LogP contribution is 2.22. The molecule has 0 saturated heterocycles. The van der Waals surface area contributed by atoms with Crippen LogP contribution in [0.25, 0.3) is 10.8 Å². The molecular formula is C10H5BrO4. The van der Waals surface area contributed by atoms with Gasteiger partial charge in [0.2, 0.25) is 5.76 Å². The number of carboxylic acid groups (broad SMARTS) is 1. The summed E-state index contributed by atoms with van der Waals surface area (Å²) in [7, 11) is 0. The van der Waals surface area contributed by atoms with Gasteiger partial charge in [0.15, 0.2) is 0 Å². The Balaban J connectivity index is 2.92. The van der Waals surface area contributed by atoms with Crippen LogP contribution in [0.15, 0.2) is 37.9 Å². The average Bonchev–Trinajstić information content (AvgIpc) is 2.19. The van der Waals surface area contributed by atoms with Gasteiger partial charge in [-0.15, -0.1) is 0 Å². The smallest absolute Gasteiger partial charge is 0.371 e. The second kappa shape index (κ2) is 3.51. The van der Waals surface area contributed by atoms with Crippen molar-refractivity contribution in [3.8, 4) is 0 Å². The summed E-state index contributed by atoms with van der Waals surface area (Å²) in [6, 6.07) is 6.32. The number of hydrogen-bond donors (Lipinski definition) is 1.